The summed E-state index contributed by atoms with van der Waals surface area (Å²) in [6, 6.07) is 7.20. The molecule has 0 radical (unpaired) electrons. The molecule has 0 aliphatic carbocycles. The molecule has 2 aromatic rings. The predicted molar refractivity (Wildman–Crippen MR) is 79.5 cm³/mol. The molecular formula is C16H18N2O2. The number of fused-ring (bicyclic) bond motifs is 1. The van der Waals surface area contributed by atoms with Gasteiger partial charge in [0.2, 0.25) is 0 Å². The van der Waals surface area contributed by atoms with E-state index >= 15 is 0 Å². The summed E-state index contributed by atoms with van der Waals surface area (Å²) in [5.41, 5.74) is 2.27. The number of carboxylic acid groups (broad SMARTS) is 1. The van der Waals surface area contributed by atoms with Gasteiger partial charge in [-0.15, -0.1) is 0 Å². The van der Waals surface area contributed by atoms with Crippen molar-refractivity contribution in [3.63, 3.8) is 0 Å². The monoisotopic (exact) mass is 270 g/mol. The average molecular weight is 270 g/mol. The first-order valence-corrected chi connectivity index (χ1v) is 7.05. The number of benzene rings is 1. The van der Waals surface area contributed by atoms with E-state index in [1.54, 1.807) is 18.2 Å². The molecule has 104 valence electrons. The largest absolute Gasteiger partial charge is 0.478 e. The molecule has 4 nitrogen and oxygen atoms in total. The van der Waals surface area contributed by atoms with Crippen LogP contribution in [0.1, 0.15) is 35.2 Å². The maximum absolute atomic E-state index is 11.0. The van der Waals surface area contributed by atoms with Crippen LogP contribution in [0.15, 0.2) is 24.3 Å². The highest BCUT2D eigenvalue weighted by Gasteiger charge is 2.14. The highest BCUT2D eigenvalue weighted by Crippen LogP contribution is 2.25. The Morgan fingerprint density at radius 3 is 2.65 bits per heavy atom. The van der Waals surface area contributed by atoms with Gasteiger partial charge in [-0.1, -0.05) is 0 Å². The Bertz CT molecular complexity index is 661. The fourth-order valence-corrected chi connectivity index (χ4v) is 2.79. The van der Waals surface area contributed by atoms with Crippen LogP contribution in [0.4, 0.5) is 5.82 Å². The Balaban J connectivity index is 2.05. The zero-order valence-corrected chi connectivity index (χ0v) is 11.6. The lowest BCUT2D eigenvalue weighted by molar-refractivity contribution is 0.0697. The number of hydrogen-bond donors (Lipinski definition) is 1. The van der Waals surface area contributed by atoms with Crippen molar-refractivity contribution in [3.8, 4) is 0 Å². The molecule has 0 saturated carbocycles. The van der Waals surface area contributed by atoms with Crippen LogP contribution in [0.3, 0.4) is 0 Å². The van der Waals surface area contributed by atoms with E-state index < -0.39 is 5.97 Å². The molecule has 0 spiro atoms. The zero-order chi connectivity index (χ0) is 14.1. The molecule has 0 unspecified atom stereocenters. The number of aromatic nitrogens is 1. The third kappa shape index (κ3) is 2.33. The van der Waals surface area contributed by atoms with Crippen molar-refractivity contribution in [1.29, 1.82) is 0 Å². The van der Waals surface area contributed by atoms with Gasteiger partial charge in [0.1, 0.15) is 5.82 Å². The second-order valence-electron chi connectivity index (χ2n) is 5.38. The van der Waals surface area contributed by atoms with Crippen molar-refractivity contribution in [2.75, 3.05) is 18.0 Å². The van der Waals surface area contributed by atoms with Gasteiger partial charge in [0.15, 0.2) is 0 Å². The molecule has 1 fully saturated rings. The predicted octanol–water partition coefficient (Wildman–Crippen LogP) is 3.23. The molecule has 1 aromatic heterocycles. The molecule has 20 heavy (non-hydrogen) atoms. The molecule has 1 N–H and O–H groups in total. The standard InChI is InChI=1S/C16H18N2O2/c1-11-9-15(18-7-3-2-4-8-18)17-14-6-5-12(16(19)20)10-13(11)14/h5-6,9-10H,2-4,7-8H2,1H3,(H,19,20). The van der Waals surface area contributed by atoms with Gasteiger partial charge in [-0.05, 0) is 56.0 Å². The normalized spacial score (nSPS) is 15.6. The zero-order valence-electron chi connectivity index (χ0n) is 11.6. The van der Waals surface area contributed by atoms with Crippen LogP contribution in [0.25, 0.3) is 10.9 Å². The Kier molecular flexibility index (Phi) is 3.30. The number of aromatic carboxylic acids is 1. The number of hydrogen-bond acceptors (Lipinski definition) is 3. The molecule has 1 aliphatic heterocycles. The number of aryl methyl sites for hydroxylation is 1. The number of rotatable bonds is 2. The van der Waals surface area contributed by atoms with Gasteiger partial charge in [-0.3, -0.25) is 0 Å². The second kappa shape index (κ2) is 5.12. The summed E-state index contributed by atoms with van der Waals surface area (Å²) >= 11 is 0. The third-order valence-corrected chi connectivity index (χ3v) is 3.93. The summed E-state index contributed by atoms with van der Waals surface area (Å²) in [5.74, 6) is 0.115. The average Bonchev–Trinajstić information content (AvgIpc) is 2.47. The van der Waals surface area contributed by atoms with Gasteiger partial charge in [-0.2, -0.15) is 0 Å². The van der Waals surface area contributed by atoms with E-state index in [9.17, 15) is 4.79 Å². The molecule has 0 atom stereocenters. The van der Waals surface area contributed by atoms with Crippen molar-refractivity contribution < 1.29 is 9.90 Å². The molecule has 1 aliphatic rings. The topological polar surface area (TPSA) is 53.4 Å². The summed E-state index contributed by atoms with van der Waals surface area (Å²) < 4.78 is 0. The van der Waals surface area contributed by atoms with Crippen LogP contribution in [0, 0.1) is 6.92 Å². The minimum Gasteiger partial charge on any atom is -0.478 e. The first kappa shape index (κ1) is 12.9. The number of nitrogens with zero attached hydrogens (tertiary/aromatic N) is 2. The summed E-state index contributed by atoms with van der Waals surface area (Å²) in [7, 11) is 0. The van der Waals surface area contributed by atoms with E-state index in [1.807, 2.05) is 6.92 Å². The molecule has 3 rings (SSSR count). The molecule has 1 saturated heterocycles. The first-order valence-electron chi connectivity index (χ1n) is 7.05. The fraction of sp³-hybridized carbons (Fsp3) is 0.375. The van der Waals surface area contributed by atoms with Crippen molar-refractivity contribution >= 4 is 22.7 Å². The summed E-state index contributed by atoms with van der Waals surface area (Å²) in [4.78, 5) is 18.1. The van der Waals surface area contributed by atoms with Crippen LogP contribution in [0.5, 0.6) is 0 Å². The summed E-state index contributed by atoms with van der Waals surface area (Å²) in [6.07, 6.45) is 3.73. The van der Waals surface area contributed by atoms with E-state index in [2.05, 4.69) is 11.0 Å². The molecular weight excluding hydrogens is 252 g/mol. The minimum absolute atomic E-state index is 0.313. The van der Waals surface area contributed by atoms with E-state index in [-0.39, 0.29) is 0 Å². The lowest BCUT2D eigenvalue weighted by atomic mass is 10.1. The fourth-order valence-electron chi connectivity index (χ4n) is 2.79. The van der Waals surface area contributed by atoms with E-state index in [0.717, 1.165) is 35.4 Å². The number of anilines is 1. The van der Waals surface area contributed by atoms with Crippen LogP contribution in [-0.2, 0) is 0 Å². The maximum Gasteiger partial charge on any atom is 0.335 e. The molecule has 0 bridgehead atoms. The highest BCUT2D eigenvalue weighted by atomic mass is 16.4. The van der Waals surface area contributed by atoms with Crippen LogP contribution in [0.2, 0.25) is 0 Å². The summed E-state index contributed by atoms with van der Waals surface area (Å²) in [6.45, 7) is 4.14. The number of piperidine rings is 1. The minimum atomic E-state index is -0.897. The maximum atomic E-state index is 11.0. The Labute approximate surface area is 118 Å². The van der Waals surface area contributed by atoms with Crippen molar-refractivity contribution in [2.24, 2.45) is 0 Å². The number of carboxylic acids is 1. The SMILES string of the molecule is Cc1cc(N2CCCCC2)nc2ccc(C(=O)O)cc12. The van der Waals surface area contributed by atoms with Crippen molar-refractivity contribution in [3.05, 3.63) is 35.4 Å². The van der Waals surface area contributed by atoms with Crippen LogP contribution < -0.4 is 4.90 Å². The van der Waals surface area contributed by atoms with Gasteiger partial charge in [0.05, 0.1) is 11.1 Å². The van der Waals surface area contributed by atoms with E-state index in [1.165, 1.54) is 19.3 Å². The molecule has 1 aromatic carbocycles. The second-order valence-corrected chi connectivity index (χ2v) is 5.38. The number of pyridine rings is 1. The van der Waals surface area contributed by atoms with Crippen LogP contribution >= 0.6 is 0 Å². The lowest BCUT2D eigenvalue weighted by Gasteiger charge is -2.28. The van der Waals surface area contributed by atoms with Gasteiger partial charge < -0.3 is 10.0 Å². The van der Waals surface area contributed by atoms with Crippen molar-refractivity contribution in [2.45, 2.75) is 26.2 Å². The van der Waals surface area contributed by atoms with Gasteiger partial charge >= 0.3 is 5.97 Å². The Hall–Kier alpha value is -2.10. The molecule has 4 heteroatoms. The van der Waals surface area contributed by atoms with Gasteiger partial charge in [-0.25, -0.2) is 9.78 Å². The Morgan fingerprint density at radius 1 is 1.20 bits per heavy atom. The quantitative estimate of drug-likeness (QED) is 0.910. The first-order chi connectivity index (χ1) is 9.65. The van der Waals surface area contributed by atoms with Crippen molar-refractivity contribution in [1.82, 2.24) is 4.98 Å². The van der Waals surface area contributed by atoms with E-state index in [0.29, 0.717) is 5.56 Å². The third-order valence-electron chi connectivity index (χ3n) is 3.93. The smallest absolute Gasteiger partial charge is 0.335 e. The van der Waals surface area contributed by atoms with E-state index in [4.69, 9.17) is 10.1 Å². The van der Waals surface area contributed by atoms with Crippen LogP contribution in [-0.4, -0.2) is 29.1 Å². The van der Waals surface area contributed by atoms with Gasteiger partial charge in [0.25, 0.3) is 0 Å². The Morgan fingerprint density at radius 2 is 1.95 bits per heavy atom. The molecule has 2 heterocycles. The highest BCUT2D eigenvalue weighted by molar-refractivity contribution is 5.94. The molecule has 0 amide bonds. The van der Waals surface area contributed by atoms with Gasteiger partial charge in [0, 0.05) is 18.5 Å². The summed E-state index contributed by atoms with van der Waals surface area (Å²) in [5, 5.41) is 9.99. The lowest BCUT2D eigenvalue weighted by Crippen LogP contribution is -2.30. The number of carbonyl (C=O) groups is 1.